The van der Waals surface area contributed by atoms with Crippen LogP contribution in [0.3, 0.4) is 0 Å². The molecule has 1 aromatic heterocycles. The number of aromatic nitrogens is 2. The van der Waals surface area contributed by atoms with Crippen LogP contribution < -0.4 is 5.32 Å². The van der Waals surface area contributed by atoms with Gasteiger partial charge in [0.1, 0.15) is 6.10 Å². The summed E-state index contributed by atoms with van der Waals surface area (Å²) in [6, 6.07) is 0.467. The van der Waals surface area contributed by atoms with Crippen LogP contribution in [-0.4, -0.2) is 27.8 Å². The fraction of sp³-hybridized carbons (Fsp3) is 0.778. The SMILES string of the molecule is CC(O)c1nc(CC2CCCN2)no1. The molecule has 0 saturated carbocycles. The first kappa shape index (κ1) is 9.61. The largest absolute Gasteiger partial charge is 0.384 e. The molecule has 5 nitrogen and oxygen atoms in total. The van der Waals surface area contributed by atoms with Crippen LogP contribution in [0.4, 0.5) is 0 Å². The Morgan fingerprint density at radius 2 is 2.57 bits per heavy atom. The van der Waals surface area contributed by atoms with Crippen LogP contribution in [0, 0.1) is 0 Å². The lowest BCUT2D eigenvalue weighted by Gasteiger charge is -2.04. The lowest BCUT2D eigenvalue weighted by Crippen LogP contribution is -2.24. The third-order valence-corrected chi connectivity index (χ3v) is 2.43. The Labute approximate surface area is 82.5 Å². The van der Waals surface area contributed by atoms with E-state index in [1.165, 1.54) is 12.8 Å². The van der Waals surface area contributed by atoms with Gasteiger partial charge in [-0.05, 0) is 26.3 Å². The molecule has 2 unspecified atom stereocenters. The van der Waals surface area contributed by atoms with Crippen molar-refractivity contribution in [3.05, 3.63) is 11.7 Å². The molecule has 2 heterocycles. The van der Waals surface area contributed by atoms with Crippen molar-refractivity contribution in [1.29, 1.82) is 0 Å². The molecule has 0 aromatic carbocycles. The van der Waals surface area contributed by atoms with E-state index in [0.29, 0.717) is 17.8 Å². The van der Waals surface area contributed by atoms with E-state index in [4.69, 9.17) is 4.52 Å². The van der Waals surface area contributed by atoms with Crippen LogP contribution >= 0.6 is 0 Å². The third-order valence-electron chi connectivity index (χ3n) is 2.43. The molecule has 2 N–H and O–H groups in total. The van der Waals surface area contributed by atoms with Gasteiger partial charge in [-0.1, -0.05) is 5.16 Å². The number of rotatable bonds is 3. The quantitative estimate of drug-likeness (QED) is 0.734. The molecule has 5 heteroatoms. The van der Waals surface area contributed by atoms with E-state index in [0.717, 1.165) is 13.0 Å². The van der Waals surface area contributed by atoms with Gasteiger partial charge < -0.3 is 14.9 Å². The molecule has 1 aliphatic rings. The summed E-state index contributed by atoms with van der Waals surface area (Å²) in [4.78, 5) is 4.11. The normalized spacial score (nSPS) is 24.0. The lowest BCUT2D eigenvalue weighted by atomic mass is 10.1. The molecular weight excluding hydrogens is 182 g/mol. The lowest BCUT2D eigenvalue weighted by molar-refractivity contribution is 0.151. The summed E-state index contributed by atoms with van der Waals surface area (Å²) in [6.07, 6.45) is 2.49. The smallest absolute Gasteiger partial charge is 0.255 e. The van der Waals surface area contributed by atoms with Gasteiger partial charge in [0.2, 0.25) is 0 Å². The van der Waals surface area contributed by atoms with E-state index in [1.807, 2.05) is 0 Å². The minimum Gasteiger partial charge on any atom is -0.384 e. The van der Waals surface area contributed by atoms with Crippen molar-refractivity contribution in [3.8, 4) is 0 Å². The highest BCUT2D eigenvalue weighted by Gasteiger charge is 2.18. The van der Waals surface area contributed by atoms with Crippen molar-refractivity contribution >= 4 is 0 Å². The first-order valence-electron chi connectivity index (χ1n) is 4.99. The molecule has 2 atom stereocenters. The Morgan fingerprint density at radius 1 is 1.71 bits per heavy atom. The maximum Gasteiger partial charge on any atom is 0.255 e. The predicted octanol–water partition coefficient (Wildman–Crippen LogP) is 0.417. The summed E-state index contributed by atoms with van der Waals surface area (Å²) >= 11 is 0. The Bertz CT molecular complexity index is 292. The number of aliphatic hydroxyl groups excluding tert-OH is 1. The maximum absolute atomic E-state index is 9.19. The zero-order valence-electron chi connectivity index (χ0n) is 8.23. The molecule has 0 aliphatic carbocycles. The molecule has 1 saturated heterocycles. The first-order valence-corrected chi connectivity index (χ1v) is 4.99. The van der Waals surface area contributed by atoms with Gasteiger partial charge in [-0.25, -0.2) is 0 Å². The molecule has 1 fully saturated rings. The molecule has 14 heavy (non-hydrogen) atoms. The Kier molecular flexibility index (Phi) is 2.79. The number of nitrogens with one attached hydrogen (secondary N) is 1. The average Bonchev–Trinajstić information content (AvgIpc) is 2.75. The number of nitrogens with zero attached hydrogens (tertiary/aromatic N) is 2. The monoisotopic (exact) mass is 197 g/mol. The fourth-order valence-electron chi connectivity index (χ4n) is 1.67. The molecule has 0 radical (unpaired) electrons. The Morgan fingerprint density at radius 3 is 3.14 bits per heavy atom. The van der Waals surface area contributed by atoms with Gasteiger partial charge in [0.05, 0.1) is 0 Å². The zero-order valence-corrected chi connectivity index (χ0v) is 8.23. The number of hydrogen-bond acceptors (Lipinski definition) is 5. The summed E-state index contributed by atoms with van der Waals surface area (Å²) in [5.74, 6) is 0.985. The second-order valence-electron chi connectivity index (χ2n) is 3.72. The van der Waals surface area contributed by atoms with E-state index in [1.54, 1.807) is 6.92 Å². The van der Waals surface area contributed by atoms with Crippen molar-refractivity contribution in [3.63, 3.8) is 0 Å². The van der Waals surface area contributed by atoms with Crippen LogP contribution in [0.5, 0.6) is 0 Å². The Hall–Kier alpha value is -0.940. The third kappa shape index (κ3) is 2.10. The minimum atomic E-state index is -0.673. The van der Waals surface area contributed by atoms with Crippen LogP contribution in [0.15, 0.2) is 4.52 Å². The van der Waals surface area contributed by atoms with Gasteiger partial charge >= 0.3 is 0 Å². The van der Waals surface area contributed by atoms with E-state index in [-0.39, 0.29) is 0 Å². The highest BCUT2D eigenvalue weighted by Crippen LogP contribution is 2.12. The topological polar surface area (TPSA) is 71.2 Å². The van der Waals surface area contributed by atoms with E-state index >= 15 is 0 Å². The molecular formula is C9H15N3O2. The summed E-state index contributed by atoms with van der Waals surface area (Å²) in [5, 5.41) is 16.4. The second kappa shape index (κ2) is 4.06. The summed E-state index contributed by atoms with van der Waals surface area (Å²) in [5.41, 5.74) is 0. The van der Waals surface area contributed by atoms with Gasteiger partial charge in [-0.3, -0.25) is 0 Å². The molecule has 1 aromatic rings. The van der Waals surface area contributed by atoms with Crippen LogP contribution in [0.1, 0.15) is 37.6 Å². The molecule has 1 aliphatic heterocycles. The average molecular weight is 197 g/mol. The van der Waals surface area contributed by atoms with Gasteiger partial charge in [0.15, 0.2) is 5.82 Å². The van der Waals surface area contributed by atoms with Crippen molar-refractivity contribution in [2.75, 3.05) is 6.54 Å². The van der Waals surface area contributed by atoms with Crippen molar-refractivity contribution in [2.45, 2.75) is 38.3 Å². The molecule has 78 valence electrons. The first-order chi connectivity index (χ1) is 6.75. The van der Waals surface area contributed by atoms with Crippen LogP contribution in [0.25, 0.3) is 0 Å². The van der Waals surface area contributed by atoms with Crippen molar-refractivity contribution in [1.82, 2.24) is 15.5 Å². The van der Waals surface area contributed by atoms with E-state index < -0.39 is 6.10 Å². The summed E-state index contributed by atoms with van der Waals surface area (Å²) < 4.78 is 4.90. The van der Waals surface area contributed by atoms with Crippen molar-refractivity contribution in [2.24, 2.45) is 0 Å². The zero-order chi connectivity index (χ0) is 9.97. The van der Waals surface area contributed by atoms with Crippen LogP contribution in [-0.2, 0) is 6.42 Å². The highest BCUT2D eigenvalue weighted by molar-refractivity contribution is 4.93. The second-order valence-corrected chi connectivity index (χ2v) is 3.72. The number of aliphatic hydroxyl groups is 1. The number of hydrogen-bond donors (Lipinski definition) is 2. The Balaban J connectivity index is 1.95. The van der Waals surface area contributed by atoms with Gasteiger partial charge in [-0.2, -0.15) is 4.98 Å². The molecule has 2 rings (SSSR count). The van der Waals surface area contributed by atoms with Gasteiger partial charge in [0.25, 0.3) is 5.89 Å². The minimum absolute atomic E-state index is 0.304. The maximum atomic E-state index is 9.19. The molecule has 0 amide bonds. The fourth-order valence-corrected chi connectivity index (χ4v) is 1.67. The van der Waals surface area contributed by atoms with Crippen molar-refractivity contribution < 1.29 is 9.63 Å². The van der Waals surface area contributed by atoms with Gasteiger partial charge in [0, 0.05) is 12.5 Å². The van der Waals surface area contributed by atoms with Crippen LogP contribution in [0.2, 0.25) is 0 Å². The van der Waals surface area contributed by atoms with Gasteiger partial charge in [-0.15, -0.1) is 0 Å². The van der Waals surface area contributed by atoms with E-state index in [2.05, 4.69) is 15.5 Å². The molecule has 0 bridgehead atoms. The molecule has 0 spiro atoms. The highest BCUT2D eigenvalue weighted by atomic mass is 16.5. The standard InChI is InChI=1S/C9H15N3O2/c1-6(13)9-11-8(12-14-9)5-7-3-2-4-10-7/h6-7,10,13H,2-5H2,1H3. The predicted molar refractivity (Wildman–Crippen MR) is 49.7 cm³/mol. The summed E-state index contributed by atoms with van der Waals surface area (Å²) in [7, 11) is 0. The summed E-state index contributed by atoms with van der Waals surface area (Å²) in [6.45, 7) is 2.69. The van der Waals surface area contributed by atoms with E-state index in [9.17, 15) is 5.11 Å².